The number of hydrogen-bond acceptors (Lipinski definition) is 3. The zero-order valence-corrected chi connectivity index (χ0v) is 16.9. The number of benzene rings is 2. The van der Waals surface area contributed by atoms with E-state index in [9.17, 15) is 4.79 Å². The Hall–Kier alpha value is -2.29. The summed E-state index contributed by atoms with van der Waals surface area (Å²) in [5.41, 5.74) is 4.14. The van der Waals surface area contributed by atoms with Gasteiger partial charge in [0.2, 0.25) is 0 Å². The highest BCUT2D eigenvalue weighted by molar-refractivity contribution is 5.59. The fourth-order valence-corrected chi connectivity index (χ4v) is 3.13. The number of aryl methyl sites for hydroxylation is 2. The van der Waals surface area contributed by atoms with E-state index in [1.54, 1.807) is 0 Å². The van der Waals surface area contributed by atoms with Crippen LogP contribution in [-0.2, 0) is 27.7 Å². The molecular formula is C24H32O3. The van der Waals surface area contributed by atoms with E-state index < -0.39 is 6.16 Å². The Labute approximate surface area is 163 Å². The first kappa shape index (κ1) is 21.0. The van der Waals surface area contributed by atoms with Gasteiger partial charge in [0.15, 0.2) is 0 Å². The van der Waals surface area contributed by atoms with Gasteiger partial charge in [0, 0.05) is 0 Å². The maximum Gasteiger partial charge on any atom is 0.508 e. The average Bonchev–Trinajstić information content (AvgIpc) is 2.69. The Kier molecular flexibility index (Phi) is 8.38. The minimum Gasteiger partial charge on any atom is -0.434 e. The van der Waals surface area contributed by atoms with Gasteiger partial charge >= 0.3 is 6.16 Å². The summed E-state index contributed by atoms with van der Waals surface area (Å²) in [6.45, 7) is 7.54. The summed E-state index contributed by atoms with van der Waals surface area (Å²) < 4.78 is 10.4. The summed E-state index contributed by atoms with van der Waals surface area (Å²) in [6, 6.07) is 18.8. The van der Waals surface area contributed by atoms with Crippen LogP contribution in [0.15, 0.2) is 54.6 Å². The molecule has 0 bridgehead atoms. The topological polar surface area (TPSA) is 35.5 Å². The molecule has 0 N–H and O–H groups in total. The van der Waals surface area contributed by atoms with Gasteiger partial charge in [-0.2, -0.15) is 0 Å². The monoisotopic (exact) mass is 368 g/mol. The number of rotatable bonds is 10. The van der Waals surface area contributed by atoms with Gasteiger partial charge in [-0.3, -0.25) is 0 Å². The molecular weight excluding hydrogens is 336 g/mol. The standard InChI is InChI=1S/C24H32O3/c1-4-24(2,3)22-17-9-8-15-21(22)16-11-19-27-23(25)26-18-10-14-20-12-6-5-7-13-20/h5-9,12-13,15,17H,4,10-11,14,16,18-19H2,1-3H3. The van der Waals surface area contributed by atoms with Gasteiger partial charge in [-0.25, -0.2) is 4.79 Å². The van der Waals surface area contributed by atoms with E-state index in [0.717, 1.165) is 32.1 Å². The van der Waals surface area contributed by atoms with Crippen LogP contribution >= 0.6 is 0 Å². The van der Waals surface area contributed by atoms with E-state index in [-0.39, 0.29) is 5.41 Å². The molecule has 0 spiro atoms. The van der Waals surface area contributed by atoms with Crippen LogP contribution in [0.4, 0.5) is 4.79 Å². The van der Waals surface area contributed by atoms with Gasteiger partial charge in [-0.1, -0.05) is 75.4 Å². The third kappa shape index (κ3) is 7.09. The Morgan fingerprint density at radius 1 is 0.852 bits per heavy atom. The van der Waals surface area contributed by atoms with Crippen LogP contribution in [0, 0.1) is 0 Å². The highest BCUT2D eigenvalue weighted by Gasteiger charge is 2.20. The minimum absolute atomic E-state index is 0.162. The lowest BCUT2D eigenvalue weighted by atomic mass is 9.79. The normalized spacial score (nSPS) is 11.2. The van der Waals surface area contributed by atoms with Gasteiger partial charge in [0.25, 0.3) is 0 Å². The lowest BCUT2D eigenvalue weighted by molar-refractivity contribution is 0.0539. The highest BCUT2D eigenvalue weighted by Crippen LogP contribution is 2.30. The van der Waals surface area contributed by atoms with Crippen molar-refractivity contribution < 1.29 is 14.3 Å². The quantitative estimate of drug-likeness (QED) is 0.376. The predicted molar refractivity (Wildman–Crippen MR) is 110 cm³/mol. The van der Waals surface area contributed by atoms with E-state index in [4.69, 9.17) is 9.47 Å². The van der Waals surface area contributed by atoms with E-state index in [0.29, 0.717) is 13.2 Å². The second-order valence-electron chi connectivity index (χ2n) is 7.53. The summed E-state index contributed by atoms with van der Waals surface area (Å²) in [4.78, 5) is 11.7. The van der Waals surface area contributed by atoms with Crippen molar-refractivity contribution in [2.24, 2.45) is 0 Å². The van der Waals surface area contributed by atoms with Gasteiger partial charge in [0.05, 0.1) is 13.2 Å². The molecule has 0 amide bonds. The molecule has 0 aliphatic rings. The second-order valence-corrected chi connectivity index (χ2v) is 7.53. The molecule has 0 saturated carbocycles. The first-order valence-corrected chi connectivity index (χ1v) is 9.95. The molecule has 0 atom stereocenters. The average molecular weight is 369 g/mol. The van der Waals surface area contributed by atoms with Crippen LogP contribution in [-0.4, -0.2) is 19.4 Å². The van der Waals surface area contributed by atoms with Crippen molar-refractivity contribution in [2.45, 2.75) is 58.3 Å². The third-order valence-corrected chi connectivity index (χ3v) is 5.11. The zero-order chi connectivity index (χ0) is 19.5. The molecule has 0 aliphatic heterocycles. The Balaban J connectivity index is 1.65. The summed E-state index contributed by atoms with van der Waals surface area (Å²) in [6.07, 6.45) is 3.94. The van der Waals surface area contributed by atoms with Gasteiger partial charge in [-0.15, -0.1) is 0 Å². The predicted octanol–water partition coefficient (Wildman–Crippen LogP) is 6.09. The van der Waals surface area contributed by atoms with Crippen molar-refractivity contribution in [1.82, 2.24) is 0 Å². The Morgan fingerprint density at radius 2 is 1.44 bits per heavy atom. The smallest absolute Gasteiger partial charge is 0.434 e. The first-order valence-electron chi connectivity index (χ1n) is 9.95. The molecule has 3 nitrogen and oxygen atoms in total. The molecule has 3 heteroatoms. The fourth-order valence-electron chi connectivity index (χ4n) is 3.13. The summed E-state index contributed by atoms with van der Waals surface area (Å²) in [7, 11) is 0. The lowest BCUT2D eigenvalue weighted by Crippen LogP contribution is -2.18. The van der Waals surface area contributed by atoms with E-state index >= 15 is 0 Å². The largest absolute Gasteiger partial charge is 0.508 e. The Morgan fingerprint density at radius 3 is 2.11 bits per heavy atom. The molecule has 0 heterocycles. The summed E-state index contributed by atoms with van der Waals surface area (Å²) >= 11 is 0. The van der Waals surface area contributed by atoms with E-state index in [1.165, 1.54) is 16.7 Å². The van der Waals surface area contributed by atoms with E-state index in [1.807, 2.05) is 18.2 Å². The van der Waals surface area contributed by atoms with Crippen molar-refractivity contribution in [3.8, 4) is 0 Å². The van der Waals surface area contributed by atoms with Crippen LogP contribution < -0.4 is 0 Å². The SMILES string of the molecule is CCC(C)(C)c1ccccc1CCCOC(=O)OCCCc1ccccc1. The van der Waals surface area contributed by atoms with Crippen molar-refractivity contribution in [1.29, 1.82) is 0 Å². The molecule has 2 rings (SSSR count). The molecule has 146 valence electrons. The second kappa shape index (κ2) is 10.8. The van der Waals surface area contributed by atoms with Crippen molar-refractivity contribution in [2.75, 3.05) is 13.2 Å². The molecule has 27 heavy (non-hydrogen) atoms. The summed E-state index contributed by atoms with van der Waals surface area (Å²) in [5, 5.41) is 0. The van der Waals surface area contributed by atoms with Crippen molar-refractivity contribution in [3.05, 3.63) is 71.3 Å². The maximum atomic E-state index is 11.7. The molecule has 2 aromatic carbocycles. The van der Waals surface area contributed by atoms with Gasteiger partial charge < -0.3 is 9.47 Å². The van der Waals surface area contributed by atoms with Crippen molar-refractivity contribution >= 4 is 6.16 Å². The number of carbonyl (C=O) groups is 1. The Bertz CT molecular complexity index is 692. The molecule has 2 aromatic rings. The van der Waals surface area contributed by atoms with Gasteiger partial charge in [0.1, 0.15) is 0 Å². The third-order valence-electron chi connectivity index (χ3n) is 5.11. The fraction of sp³-hybridized carbons (Fsp3) is 0.458. The van der Waals surface area contributed by atoms with Gasteiger partial charge in [-0.05, 0) is 54.2 Å². The first-order chi connectivity index (χ1) is 13.0. The summed E-state index contributed by atoms with van der Waals surface area (Å²) in [5.74, 6) is 0. The maximum absolute atomic E-state index is 11.7. The van der Waals surface area contributed by atoms with Crippen LogP contribution in [0.25, 0.3) is 0 Å². The van der Waals surface area contributed by atoms with Crippen LogP contribution in [0.5, 0.6) is 0 Å². The van der Waals surface area contributed by atoms with Crippen molar-refractivity contribution in [3.63, 3.8) is 0 Å². The molecule has 0 saturated heterocycles. The molecule has 0 unspecified atom stereocenters. The molecule has 0 aliphatic carbocycles. The highest BCUT2D eigenvalue weighted by atomic mass is 16.7. The minimum atomic E-state index is -0.565. The number of hydrogen-bond donors (Lipinski definition) is 0. The lowest BCUT2D eigenvalue weighted by Gasteiger charge is -2.26. The molecule has 0 fully saturated rings. The number of ether oxygens (including phenoxy) is 2. The van der Waals surface area contributed by atoms with E-state index in [2.05, 4.69) is 57.2 Å². The van der Waals surface area contributed by atoms with Crippen LogP contribution in [0.3, 0.4) is 0 Å². The number of carbonyl (C=O) groups excluding carboxylic acids is 1. The van der Waals surface area contributed by atoms with Crippen LogP contribution in [0.1, 0.15) is 56.7 Å². The molecule has 0 radical (unpaired) electrons. The van der Waals surface area contributed by atoms with Crippen LogP contribution in [0.2, 0.25) is 0 Å². The zero-order valence-electron chi connectivity index (χ0n) is 16.9. The molecule has 0 aromatic heterocycles.